The molecular formula is C20H22N4O2. The number of aryl methyl sites for hydroxylation is 1. The van der Waals surface area contributed by atoms with E-state index in [9.17, 15) is 9.59 Å². The van der Waals surface area contributed by atoms with Crippen LogP contribution < -0.4 is 10.6 Å². The predicted octanol–water partition coefficient (Wildman–Crippen LogP) is 2.94. The molecule has 2 aromatic carbocycles. The first-order valence-corrected chi connectivity index (χ1v) is 8.68. The fraction of sp³-hybridized carbons (Fsp3) is 0.250. The summed E-state index contributed by atoms with van der Waals surface area (Å²) >= 11 is 0. The van der Waals surface area contributed by atoms with Crippen LogP contribution >= 0.6 is 0 Å². The molecule has 3 aromatic rings. The maximum Gasteiger partial charge on any atom is 0.251 e. The zero-order valence-electron chi connectivity index (χ0n) is 14.9. The van der Waals surface area contributed by atoms with Crippen LogP contribution in [0.1, 0.15) is 45.4 Å². The molecule has 0 fully saturated rings. The fourth-order valence-electron chi connectivity index (χ4n) is 2.67. The van der Waals surface area contributed by atoms with Gasteiger partial charge in [0, 0.05) is 17.7 Å². The Balaban J connectivity index is 1.66. The zero-order valence-corrected chi connectivity index (χ0v) is 14.9. The Hall–Kier alpha value is -3.15. The van der Waals surface area contributed by atoms with E-state index < -0.39 is 0 Å². The first-order chi connectivity index (χ1) is 12.6. The molecule has 0 bridgehead atoms. The number of fused-ring (bicyclic) bond motifs is 1. The minimum absolute atomic E-state index is 0.172. The van der Waals surface area contributed by atoms with Crippen LogP contribution in [0, 0.1) is 6.92 Å². The Morgan fingerprint density at radius 1 is 1.04 bits per heavy atom. The van der Waals surface area contributed by atoms with Gasteiger partial charge >= 0.3 is 0 Å². The van der Waals surface area contributed by atoms with Gasteiger partial charge in [-0.25, -0.2) is 4.98 Å². The van der Waals surface area contributed by atoms with Gasteiger partial charge in [0.25, 0.3) is 11.8 Å². The molecule has 0 aliphatic rings. The lowest BCUT2D eigenvalue weighted by atomic mass is 10.1. The van der Waals surface area contributed by atoms with E-state index in [2.05, 4.69) is 20.6 Å². The molecule has 6 heteroatoms. The van der Waals surface area contributed by atoms with Crippen LogP contribution in [0.15, 0.2) is 42.5 Å². The Morgan fingerprint density at radius 2 is 1.77 bits per heavy atom. The Bertz CT molecular complexity index is 946. The maximum atomic E-state index is 12.4. The standard InChI is InChI=1S/C20H22N4O2/c1-3-9-21-19(25)14-5-4-6-15(11-14)20(26)22-12-18-23-16-8-7-13(2)10-17(16)24-18/h4-8,10-11H,3,9,12H2,1-2H3,(H,21,25)(H,22,26)(H,23,24). The van der Waals surface area contributed by atoms with Crippen molar-refractivity contribution in [1.82, 2.24) is 20.6 Å². The molecule has 0 spiro atoms. The molecule has 1 heterocycles. The summed E-state index contributed by atoms with van der Waals surface area (Å²) in [6.07, 6.45) is 0.864. The van der Waals surface area contributed by atoms with Crippen molar-refractivity contribution in [3.05, 3.63) is 65.0 Å². The van der Waals surface area contributed by atoms with E-state index in [1.807, 2.05) is 32.0 Å². The molecule has 0 saturated heterocycles. The van der Waals surface area contributed by atoms with Crippen LogP contribution in [0.3, 0.4) is 0 Å². The van der Waals surface area contributed by atoms with E-state index in [0.29, 0.717) is 30.0 Å². The third kappa shape index (κ3) is 4.08. The van der Waals surface area contributed by atoms with Crippen molar-refractivity contribution < 1.29 is 9.59 Å². The van der Waals surface area contributed by atoms with Crippen molar-refractivity contribution in [2.24, 2.45) is 0 Å². The van der Waals surface area contributed by atoms with Crippen LogP contribution in [-0.2, 0) is 6.54 Å². The van der Waals surface area contributed by atoms with E-state index in [1.165, 1.54) is 0 Å². The van der Waals surface area contributed by atoms with E-state index in [0.717, 1.165) is 23.0 Å². The van der Waals surface area contributed by atoms with E-state index in [-0.39, 0.29) is 11.8 Å². The van der Waals surface area contributed by atoms with Gasteiger partial charge in [-0.3, -0.25) is 9.59 Å². The predicted molar refractivity (Wildman–Crippen MR) is 101 cm³/mol. The highest BCUT2D eigenvalue weighted by molar-refractivity contribution is 5.99. The molecule has 6 nitrogen and oxygen atoms in total. The van der Waals surface area contributed by atoms with E-state index in [1.54, 1.807) is 24.3 Å². The summed E-state index contributed by atoms with van der Waals surface area (Å²) in [6, 6.07) is 12.7. The Morgan fingerprint density at radius 3 is 2.50 bits per heavy atom. The fourth-order valence-corrected chi connectivity index (χ4v) is 2.67. The van der Waals surface area contributed by atoms with Gasteiger partial charge in [0.2, 0.25) is 0 Å². The van der Waals surface area contributed by atoms with E-state index in [4.69, 9.17) is 0 Å². The Labute approximate surface area is 152 Å². The number of aromatic amines is 1. The highest BCUT2D eigenvalue weighted by Gasteiger charge is 2.11. The molecule has 2 amide bonds. The highest BCUT2D eigenvalue weighted by atomic mass is 16.2. The normalized spacial score (nSPS) is 10.7. The average Bonchev–Trinajstić information content (AvgIpc) is 3.06. The lowest BCUT2D eigenvalue weighted by molar-refractivity contribution is 0.0950. The number of hydrogen-bond donors (Lipinski definition) is 3. The monoisotopic (exact) mass is 350 g/mol. The van der Waals surface area contributed by atoms with Gasteiger partial charge in [-0.2, -0.15) is 0 Å². The summed E-state index contributed by atoms with van der Waals surface area (Å²) in [5.41, 5.74) is 3.89. The number of carbonyl (C=O) groups excluding carboxylic acids is 2. The number of benzene rings is 2. The summed E-state index contributed by atoms with van der Waals surface area (Å²) in [5.74, 6) is 0.275. The van der Waals surface area contributed by atoms with Crippen LogP contribution in [0.5, 0.6) is 0 Å². The topological polar surface area (TPSA) is 86.9 Å². The first kappa shape index (κ1) is 17.7. The van der Waals surface area contributed by atoms with Gasteiger partial charge in [-0.15, -0.1) is 0 Å². The molecule has 26 heavy (non-hydrogen) atoms. The molecule has 0 aliphatic heterocycles. The summed E-state index contributed by atoms with van der Waals surface area (Å²) in [6.45, 7) is 4.91. The molecule has 134 valence electrons. The van der Waals surface area contributed by atoms with Crippen molar-refractivity contribution >= 4 is 22.8 Å². The number of rotatable bonds is 6. The van der Waals surface area contributed by atoms with Crippen molar-refractivity contribution in [1.29, 1.82) is 0 Å². The van der Waals surface area contributed by atoms with Crippen molar-refractivity contribution in [2.45, 2.75) is 26.8 Å². The second-order valence-electron chi connectivity index (χ2n) is 6.22. The number of H-pyrrole nitrogens is 1. The quantitative estimate of drug-likeness (QED) is 0.639. The number of aromatic nitrogens is 2. The Kier molecular flexibility index (Phi) is 5.31. The molecule has 0 radical (unpaired) electrons. The molecule has 0 aliphatic carbocycles. The van der Waals surface area contributed by atoms with Crippen molar-refractivity contribution in [3.8, 4) is 0 Å². The molecule has 3 N–H and O–H groups in total. The number of nitrogens with zero attached hydrogens (tertiary/aromatic N) is 1. The number of imidazole rings is 1. The summed E-state index contributed by atoms with van der Waals surface area (Å²) < 4.78 is 0. The smallest absolute Gasteiger partial charge is 0.251 e. The van der Waals surface area contributed by atoms with Gasteiger partial charge in [0.15, 0.2) is 0 Å². The molecule has 0 unspecified atom stereocenters. The van der Waals surface area contributed by atoms with Crippen LogP contribution in [-0.4, -0.2) is 28.3 Å². The van der Waals surface area contributed by atoms with Crippen LogP contribution in [0.4, 0.5) is 0 Å². The van der Waals surface area contributed by atoms with Gasteiger partial charge in [-0.1, -0.05) is 19.1 Å². The molecular weight excluding hydrogens is 328 g/mol. The lowest BCUT2D eigenvalue weighted by Gasteiger charge is -2.07. The van der Waals surface area contributed by atoms with Crippen molar-refractivity contribution in [2.75, 3.05) is 6.54 Å². The lowest BCUT2D eigenvalue weighted by Crippen LogP contribution is -2.26. The van der Waals surface area contributed by atoms with Gasteiger partial charge in [0.1, 0.15) is 5.82 Å². The number of hydrogen-bond acceptors (Lipinski definition) is 3. The van der Waals surface area contributed by atoms with Crippen LogP contribution in [0.25, 0.3) is 11.0 Å². The van der Waals surface area contributed by atoms with Crippen molar-refractivity contribution in [3.63, 3.8) is 0 Å². The van der Waals surface area contributed by atoms with Crippen LogP contribution in [0.2, 0.25) is 0 Å². The molecule has 0 saturated carbocycles. The minimum Gasteiger partial charge on any atom is -0.352 e. The highest BCUT2D eigenvalue weighted by Crippen LogP contribution is 2.13. The second-order valence-corrected chi connectivity index (χ2v) is 6.22. The van der Waals surface area contributed by atoms with E-state index >= 15 is 0 Å². The summed E-state index contributed by atoms with van der Waals surface area (Å²) in [4.78, 5) is 32.1. The SMILES string of the molecule is CCCNC(=O)c1cccc(C(=O)NCc2nc3ccc(C)cc3[nH]2)c1. The molecule has 0 atom stereocenters. The molecule has 1 aromatic heterocycles. The summed E-state index contributed by atoms with van der Waals surface area (Å²) in [5, 5.41) is 5.64. The van der Waals surface area contributed by atoms with Gasteiger partial charge in [-0.05, 0) is 49.2 Å². The third-order valence-electron chi connectivity index (χ3n) is 4.03. The largest absolute Gasteiger partial charge is 0.352 e. The molecule has 3 rings (SSSR count). The number of nitrogens with one attached hydrogen (secondary N) is 3. The minimum atomic E-state index is -0.244. The van der Waals surface area contributed by atoms with Gasteiger partial charge < -0.3 is 15.6 Å². The average molecular weight is 350 g/mol. The number of carbonyl (C=O) groups is 2. The van der Waals surface area contributed by atoms with Gasteiger partial charge in [0.05, 0.1) is 17.6 Å². The zero-order chi connectivity index (χ0) is 18.5. The maximum absolute atomic E-state index is 12.4. The number of amides is 2. The summed E-state index contributed by atoms with van der Waals surface area (Å²) in [7, 11) is 0. The first-order valence-electron chi connectivity index (χ1n) is 8.68. The second kappa shape index (κ2) is 7.82. The third-order valence-corrected chi connectivity index (χ3v) is 4.03.